The molecule has 0 heterocycles. The fourth-order valence-electron chi connectivity index (χ4n) is 2.46. The number of benzene rings is 1. The summed E-state index contributed by atoms with van der Waals surface area (Å²) in [7, 11) is 1.49. The molecule has 0 saturated carbocycles. The normalized spacial score (nSPS) is 16.7. The number of carbonyl (C=O) groups is 1. The fourth-order valence-corrected chi connectivity index (χ4v) is 2.46. The predicted molar refractivity (Wildman–Crippen MR) is 91.7 cm³/mol. The molecule has 1 N–H and O–H groups in total. The molecule has 25 heavy (non-hydrogen) atoms. The zero-order chi connectivity index (χ0) is 18.2. The van der Waals surface area contributed by atoms with E-state index < -0.39 is 6.04 Å². The van der Waals surface area contributed by atoms with Crippen LogP contribution in [-0.2, 0) is 14.2 Å². The highest BCUT2D eigenvalue weighted by atomic mass is 16.5. The molecule has 1 aromatic rings. The minimum Gasteiger partial charge on any atom is -0.493 e. The maximum atomic E-state index is 12.6. The third-order valence-corrected chi connectivity index (χ3v) is 3.53. The van der Waals surface area contributed by atoms with E-state index >= 15 is 0 Å². The molecule has 132 valence electrons. The Morgan fingerprint density at radius 3 is 2.44 bits per heavy atom. The summed E-state index contributed by atoms with van der Waals surface area (Å²) in [5.41, 5.74) is 10.1. The molecule has 1 amide bonds. The largest absolute Gasteiger partial charge is 0.493 e. The lowest BCUT2D eigenvalue weighted by Gasteiger charge is -2.24. The van der Waals surface area contributed by atoms with Crippen molar-refractivity contribution in [3.8, 4) is 0 Å². The quantitative estimate of drug-likeness (QED) is 0.607. The van der Waals surface area contributed by atoms with Gasteiger partial charge in [0.15, 0.2) is 17.6 Å². The van der Waals surface area contributed by atoms with Crippen molar-refractivity contribution in [1.82, 2.24) is 5.32 Å². The van der Waals surface area contributed by atoms with Crippen LogP contribution in [0.25, 0.3) is 5.53 Å². The Bertz CT molecular complexity index is 734. The van der Waals surface area contributed by atoms with Crippen LogP contribution in [0.4, 0.5) is 0 Å². The van der Waals surface area contributed by atoms with Crippen LogP contribution >= 0.6 is 0 Å². The number of hydrogen-bond donors (Lipinski definition) is 1. The van der Waals surface area contributed by atoms with Crippen molar-refractivity contribution in [2.75, 3.05) is 20.3 Å². The number of methoxy groups -OCH3 is 1. The van der Waals surface area contributed by atoms with Crippen LogP contribution in [0.5, 0.6) is 0 Å². The highest BCUT2D eigenvalue weighted by molar-refractivity contribution is 6.06. The van der Waals surface area contributed by atoms with Gasteiger partial charge in [0.05, 0.1) is 20.3 Å². The molecule has 0 fully saturated rings. The SMILES string of the molecule is CCOC1=CC(OC)=C(OCC)C(NC(=O)c2ccccc2)C1=[N+]=[N-]. The molecule has 2 rings (SSSR count). The van der Waals surface area contributed by atoms with Crippen LogP contribution in [0.2, 0.25) is 0 Å². The average molecular weight is 343 g/mol. The molecule has 1 aromatic carbocycles. The van der Waals surface area contributed by atoms with E-state index in [9.17, 15) is 10.3 Å². The summed E-state index contributed by atoms with van der Waals surface area (Å²) >= 11 is 0. The summed E-state index contributed by atoms with van der Waals surface area (Å²) in [5, 5.41) is 2.81. The molecule has 1 aliphatic rings. The van der Waals surface area contributed by atoms with Gasteiger partial charge in [-0.05, 0) is 26.0 Å². The van der Waals surface area contributed by atoms with Gasteiger partial charge in [0, 0.05) is 11.6 Å². The molecule has 0 aromatic heterocycles. The summed E-state index contributed by atoms with van der Waals surface area (Å²) in [6, 6.07) is 7.90. The number of nitrogens with one attached hydrogen (secondary N) is 1. The molecule has 0 radical (unpaired) electrons. The highest BCUT2D eigenvalue weighted by Gasteiger charge is 2.41. The third kappa shape index (κ3) is 4.08. The Kier molecular flexibility index (Phi) is 6.37. The number of amides is 1. The third-order valence-electron chi connectivity index (χ3n) is 3.53. The van der Waals surface area contributed by atoms with Gasteiger partial charge in [-0.25, -0.2) is 0 Å². The van der Waals surface area contributed by atoms with Gasteiger partial charge in [-0.3, -0.25) is 4.79 Å². The number of ether oxygens (including phenoxy) is 3. The minimum absolute atomic E-state index is 0.149. The zero-order valence-electron chi connectivity index (χ0n) is 14.5. The van der Waals surface area contributed by atoms with E-state index in [-0.39, 0.29) is 11.6 Å². The topological polar surface area (TPSA) is 93.2 Å². The van der Waals surface area contributed by atoms with Crippen molar-refractivity contribution in [3.63, 3.8) is 0 Å². The van der Waals surface area contributed by atoms with Crippen LogP contribution in [0.1, 0.15) is 24.2 Å². The van der Waals surface area contributed by atoms with Crippen LogP contribution in [0.3, 0.4) is 0 Å². The Balaban J connectivity index is 2.43. The number of hydrogen-bond acceptors (Lipinski definition) is 4. The highest BCUT2D eigenvalue weighted by Crippen LogP contribution is 2.25. The number of carbonyl (C=O) groups excluding carboxylic acids is 1. The van der Waals surface area contributed by atoms with Gasteiger partial charge >= 0.3 is 5.71 Å². The first-order chi connectivity index (χ1) is 12.2. The van der Waals surface area contributed by atoms with E-state index in [1.165, 1.54) is 7.11 Å². The predicted octanol–water partition coefficient (Wildman–Crippen LogP) is 2.28. The van der Waals surface area contributed by atoms with Crippen LogP contribution in [0, 0.1) is 0 Å². The van der Waals surface area contributed by atoms with Crippen LogP contribution < -0.4 is 5.32 Å². The maximum absolute atomic E-state index is 12.6. The van der Waals surface area contributed by atoms with Gasteiger partial charge < -0.3 is 25.1 Å². The summed E-state index contributed by atoms with van der Waals surface area (Å²) < 4.78 is 16.5. The Hall–Kier alpha value is -3.05. The van der Waals surface area contributed by atoms with Gasteiger partial charge in [-0.2, -0.15) is 4.79 Å². The average Bonchev–Trinajstić information content (AvgIpc) is 2.64. The molecule has 1 unspecified atom stereocenters. The number of rotatable bonds is 7. The summed E-state index contributed by atoms with van der Waals surface area (Å²) in [6.07, 6.45) is 1.58. The minimum atomic E-state index is -0.834. The lowest BCUT2D eigenvalue weighted by molar-refractivity contribution is -0.0171. The van der Waals surface area contributed by atoms with Gasteiger partial charge in [-0.1, -0.05) is 18.2 Å². The van der Waals surface area contributed by atoms with E-state index in [2.05, 4.69) is 10.1 Å². The molecule has 0 aliphatic heterocycles. The van der Waals surface area contributed by atoms with Crippen LogP contribution in [-0.4, -0.2) is 42.8 Å². The Morgan fingerprint density at radius 1 is 1.20 bits per heavy atom. The fraction of sp³-hybridized carbons (Fsp3) is 0.333. The summed E-state index contributed by atoms with van der Waals surface area (Å²) in [4.78, 5) is 15.9. The lowest BCUT2D eigenvalue weighted by Crippen LogP contribution is -2.46. The second kappa shape index (κ2) is 8.70. The standard InChI is InChI=1S/C18H21N3O4/c1-4-24-13-11-14(23-3)17(25-5-2)16(15(13)21-19)20-18(22)12-9-7-6-8-10-12/h6-11,16H,4-5H2,1-3H3,(H,20,22). The van der Waals surface area contributed by atoms with Crippen molar-refractivity contribution < 1.29 is 23.8 Å². The van der Waals surface area contributed by atoms with Crippen molar-refractivity contribution in [3.05, 3.63) is 64.8 Å². The van der Waals surface area contributed by atoms with E-state index in [4.69, 9.17) is 14.2 Å². The van der Waals surface area contributed by atoms with Crippen molar-refractivity contribution in [1.29, 1.82) is 0 Å². The molecule has 0 saturated heterocycles. The molecule has 1 aliphatic carbocycles. The molecule has 1 atom stereocenters. The van der Waals surface area contributed by atoms with E-state index in [0.29, 0.717) is 36.1 Å². The first-order valence-corrected chi connectivity index (χ1v) is 7.99. The van der Waals surface area contributed by atoms with Gasteiger partial charge in [0.2, 0.25) is 5.76 Å². The van der Waals surface area contributed by atoms with Gasteiger partial charge in [-0.15, -0.1) is 0 Å². The second-order valence-corrected chi connectivity index (χ2v) is 5.06. The van der Waals surface area contributed by atoms with Crippen molar-refractivity contribution in [2.45, 2.75) is 19.9 Å². The first-order valence-electron chi connectivity index (χ1n) is 7.99. The van der Waals surface area contributed by atoms with E-state index in [0.717, 1.165) is 0 Å². The first kappa shape index (κ1) is 18.3. The molecule has 7 nitrogen and oxygen atoms in total. The van der Waals surface area contributed by atoms with Gasteiger partial charge in [0.1, 0.15) is 0 Å². The number of nitrogens with zero attached hydrogens (tertiary/aromatic N) is 2. The van der Waals surface area contributed by atoms with Gasteiger partial charge in [0.25, 0.3) is 5.91 Å². The molecule has 0 bridgehead atoms. The number of allylic oxidation sites excluding steroid dienone is 1. The summed E-state index contributed by atoms with van der Waals surface area (Å²) in [6.45, 7) is 4.34. The van der Waals surface area contributed by atoms with E-state index in [1.54, 1.807) is 30.3 Å². The molecular weight excluding hydrogens is 322 g/mol. The molecular formula is C18H21N3O4. The van der Waals surface area contributed by atoms with Crippen molar-refractivity contribution in [2.24, 2.45) is 0 Å². The maximum Gasteiger partial charge on any atom is 0.363 e. The molecule has 7 heteroatoms. The smallest absolute Gasteiger partial charge is 0.363 e. The monoisotopic (exact) mass is 343 g/mol. The lowest BCUT2D eigenvalue weighted by atomic mass is 10.00. The van der Waals surface area contributed by atoms with Crippen LogP contribution in [0.15, 0.2) is 53.7 Å². The summed E-state index contributed by atoms with van der Waals surface area (Å²) in [5.74, 6) is 0.724. The van der Waals surface area contributed by atoms with E-state index in [1.807, 2.05) is 19.9 Å². The second-order valence-electron chi connectivity index (χ2n) is 5.06. The molecule has 0 spiro atoms. The zero-order valence-corrected chi connectivity index (χ0v) is 14.5. The Labute approximate surface area is 146 Å². The Morgan fingerprint density at radius 2 is 1.88 bits per heavy atom. The van der Waals surface area contributed by atoms with Crippen molar-refractivity contribution >= 4 is 11.6 Å².